The van der Waals surface area contributed by atoms with Gasteiger partial charge in [-0.25, -0.2) is 5.84 Å². The highest BCUT2D eigenvalue weighted by Gasteiger charge is 2.23. The molecule has 6 nitrogen and oxygen atoms in total. The van der Waals surface area contributed by atoms with Gasteiger partial charge in [-0.1, -0.05) is 6.92 Å². The lowest BCUT2D eigenvalue weighted by atomic mass is 10.0. The summed E-state index contributed by atoms with van der Waals surface area (Å²) in [5.41, 5.74) is 2.72. The van der Waals surface area contributed by atoms with Gasteiger partial charge in [0.1, 0.15) is 0 Å². The van der Waals surface area contributed by atoms with E-state index in [9.17, 15) is 0 Å². The van der Waals surface area contributed by atoms with Gasteiger partial charge in [0.2, 0.25) is 5.96 Å². The van der Waals surface area contributed by atoms with Crippen molar-refractivity contribution in [1.29, 1.82) is 0 Å². The smallest absolute Gasteiger partial charge is 0.208 e. The molecule has 1 saturated heterocycles. The van der Waals surface area contributed by atoms with Crippen LogP contribution in [0, 0.1) is 0 Å². The molecule has 0 aromatic heterocycles. The average molecular weight is 271 g/mol. The molecule has 0 aromatic rings. The Labute approximate surface area is 117 Å². The number of rotatable bonds is 6. The fourth-order valence-corrected chi connectivity index (χ4v) is 2.45. The summed E-state index contributed by atoms with van der Waals surface area (Å²) in [6.45, 7) is 7.16. The number of nitrogens with two attached hydrogens (primary N) is 1. The van der Waals surface area contributed by atoms with Crippen LogP contribution in [0.2, 0.25) is 0 Å². The normalized spacial score (nSPS) is 18.6. The quantitative estimate of drug-likeness (QED) is 0.238. The molecule has 1 aliphatic rings. The summed E-state index contributed by atoms with van der Waals surface area (Å²) in [4.78, 5) is 9.17. The second-order valence-corrected chi connectivity index (χ2v) is 4.97. The van der Waals surface area contributed by atoms with Crippen LogP contribution < -0.4 is 11.3 Å². The topological polar surface area (TPSA) is 66.1 Å². The van der Waals surface area contributed by atoms with Gasteiger partial charge in [-0.05, 0) is 25.8 Å². The van der Waals surface area contributed by atoms with E-state index >= 15 is 0 Å². The van der Waals surface area contributed by atoms with Crippen molar-refractivity contribution in [3.8, 4) is 0 Å². The predicted octanol–water partition coefficient (Wildman–Crippen LogP) is 0.258. The van der Waals surface area contributed by atoms with Crippen LogP contribution in [0.5, 0.6) is 0 Å². The molecule has 6 heteroatoms. The molecule has 0 aliphatic carbocycles. The van der Waals surface area contributed by atoms with E-state index in [1.807, 2.05) is 0 Å². The lowest BCUT2D eigenvalue weighted by molar-refractivity contribution is 0.169. The van der Waals surface area contributed by atoms with Gasteiger partial charge in [-0.3, -0.25) is 10.4 Å². The molecule has 19 heavy (non-hydrogen) atoms. The molecule has 1 heterocycles. The molecule has 0 bridgehead atoms. The van der Waals surface area contributed by atoms with Crippen LogP contribution in [0.4, 0.5) is 0 Å². The summed E-state index contributed by atoms with van der Waals surface area (Å²) in [6.07, 6.45) is 3.26. The molecule has 1 fully saturated rings. The molecule has 0 spiro atoms. The highest BCUT2D eigenvalue weighted by atomic mass is 16.5. The average Bonchev–Trinajstić information content (AvgIpc) is 2.47. The number of aliphatic imine (C=N–C) groups is 1. The van der Waals surface area contributed by atoms with Crippen molar-refractivity contribution in [3.05, 3.63) is 0 Å². The first-order valence-electron chi connectivity index (χ1n) is 7.18. The molecule has 1 rings (SSSR count). The van der Waals surface area contributed by atoms with Gasteiger partial charge in [0.05, 0.1) is 0 Å². The van der Waals surface area contributed by atoms with E-state index in [4.69, 9.17) is 10.6 Å². The Morgan fingerprint density at radius 3 is 2.68 bits per heavy atom. The number of nitrogens with one attached hydrogen (secondary N) is 1. The molecule has 0 unspecified atom stereocenters. The van der Waals surface area contributed by atoms with Gasteiger partial charge < -0.3 is 14.5 Å². The largest absolute Gasteiger partial charge is 0.385 e. The first kappa shape index (κ1) is 16.2. The second-order valence-electron chi connectivity index (χ2n) is 4.97. The minimum Gasteiger partial charge on any atom is -0.385 e. The van der Waals surface area contributed by atoms with Crippen LogP contribution in [0.1, 0.15) is 26.2 Å². The maximum atomic E-state index is 5.58. The molecule has 112 valence electrons. The molecule has 0 atom stereocenters. The number of likely N-dealkylation sites (tertiary alicyclic amines) is 1. The third-order valence-corrected chi connectivity index (χ3v) is 3.78. The van der Waals surface area contributed by atoms with Gasteiger partial charge in [-0.15, -0.1) is 0 Å². The maximum Gasteiger partial charge on any atom is 0.208 e. The maximum absolute atomic E-state index is 5.58. The summed E-state index contributed by atoms with van der Waals surface area (Å²) in [5.74, 6) is 6.37. The highest BCUT2D eigenvalue weighted by molar-refractivity contribution is 5.79. The predicted molar refractivity (Wildman–Crippen MR) is 79.0 cm³/mol. The van der Waals surface area contributed by atoms with Crippen molar-refractivity contribution < 1.29 is 4.74 Å². The molecule has 1 aliphatic heterocycles. The first-order valence-corrected chi connectivity index (χ1v) is 7.18. The van der Waals surface area contributed by atoms with E-state index in [0.29, 0.717) is 6.04 Å². The number of ether oxygens (including phenoxy) is 1. The summed E-state index contributed by atoms with van der Waals surface area (Å²) in [7, 11) is 3.78. The Bertz CT molecular complexity index is 264. The number of methoxy groups -OCH3 is 1. The fourth-order valence-electron chi connectivity index (χ4n) is 2.45. The zero-order valence-corrected chi connectivity index (χ0v) is 12.6. The van der Waals surface area contributed by atoms with Gasteiger partial charge in [0, 0.05) is 46.4 Å². The minimum atomic E-state index is 0.528. The lowest BCUT2D eigenvalue weighted by Gasteiger charge is -2.37. The van der Waals surface area contributed by atoms with E-state index in [1.54, 1.807) is 7.11 Å². The molecule has 0 radical (unpaired) electrons. The van der Waals surface area contributed by atoms with Gasteiger partial charge >= 0.3 is 0 Å². The number of hydrogen-bond acceptors (Lipinski definition) is 4. The number of hydrazine groups is 1. The number of hydrogen-bond donors (Lipinski definition) is 2. The van der Waals surface area contributed by atoms with Crippen molar-refractivity contribution in [2.75, 3.05) is 46.9 Å². The number of piperidine rings is 1. The summed E-state index contributed by atoms with van der Waals surface area (Å²) in [6, 6.07) is 0.528. The van der Waals surface area contributed by atoms with E-state index in [1.165, 1.54) is 12.8 Å². The third-order valence-electron chi connectivity index (χ3n) is 3.78. The Hall–Kier alpha value is -0.850. The first-order chi connectivity index (χ1) is 9.22. The fraction of sp³-hybridized carbons (Fsp3) is 0.923. The summed E-state index contributed by atoms with van der Waals surface area (Å²) in [5, 5.41) is 0. The third kappa shape index (κ3) is 5.34. The minimum absolute atomic E-state index is 0.528. The SMILES string of the molecule is CCN1CCC(N(C)C(=NCCCOC)NN)CC1. The second kappa shape index (κ2) is 9.12. The monoisotopic (exact) mass is 271 g/mol. The zero-order valence-electron chi connectivity index (χ0n) is 12.6. The summed E-state index contributed by atoms with van der Waals surface area (Å²) >= 11 is 0. The van der Waals surface area contributed by atoms with Crippen molar-refractivity contribution >= 4 is 5.96 Å². The summed E-state index contributed by atoms with van der Waals surface area (Å²) < 4.78 is 5.02. The Kier molecular flexibility index (Phi) is 7.78. The van der Waals surface area contributed by atoms with E-state index in [2.05, 4.69) is 34.2 Å². The van der Waals surface area contributed by atoms with Gasteiger partial charge in [0.25, 0.3) is 0 Å². The number of guanidine groups is 1. The van der Waals surface area contributed by atoms with Gasteiger partial charge in [0.15, 0.2) is 0 Å². The van der Waals surface area contributed by atoms with Crippen molar-refractivity contribution in [3.63, 3.8) is 0 Å². The Morgan fingerprint density at radius 2 is 2.16 bits per heavy atom. The Morgan fingerprint density at radius 1 is 1.47 bits per heavy atom. The highest BCUT2D eigenvalue weighted by Crippen LogP contribution is 2.15. The van der Waals surface area contributed by atoms with Crippen LogP contribution in [0.15, 0.2) is 4.99 Å². The molecular formula is C13H29N5O. The van der Waals surface area contributed by atoms with Crippen molar-refractivity contribution in [2.45, 2.75) is 32.2 Å². The van der Waals surface area contributed by atoms with Crippen molar-refractivity contribution in [2.24, 2.45) is 10.8 Å². The molecule has 0 saturated carbocycles. The molecular weight excluding hydrogens is 242 g/mol. The van der Waals surface area contributed by atoms with Crippen LogP contribution in [-0.2, 0) is 4.74 Å². The lowest BCUT2D eigenvalue weighted by Crippen LogP contribution is -2.51. The van der Waals surface area contributed by atoms with E-state index in [-0.39, 0.29) is 0 Å². The van der Waals surface area contributed by atoms with E-state index in [0.717, 1.165) is 45.2 Å². The van der Waals surface area contributed by atoms with Gasteiger partial charge in [-0.2, -0.15) is 0 Å². The van der Waals surface area contributed by atoms with Crippen LogP contribution in [0.25, 0.3) is 0 Å². The molecule has 0 amide bonds. The standard InChI is InChI=1S/C13H29N5O/c1-4-18-9-6-12(7-10-18)17(2)13(16-14)15-8-5-11-19-3/h12H,4-11,14H2,1-3H3,(H,15,16). The van der Waals surface area contributed by atoms with Crippen LogP contribution in [0.3, 0.4) is 0 Å². The van der Waals surface area contributed by atoms with Crippen LogP contribution >= 0.6 is 0 Å². The van der Waals surface area contributed by atoms with Crippen molar-refractivity contribution in [1.82, 2.24) is 15.2 Å². The van der Waals surface area contributed by atoms with E-state index < -0.39 is 0 Å². The molecule has 0 aromatic carbocycles. The van der Waals surface area contributed by atoms with Crippen LogP contribution in [-0.4, -0.2) is 68.7 Å². The number of nitrogens with zero attached hydrogens (tertiary/aromatic N) is 3. The Balaban J connectivity index is 2.42. The molecule has 3 N–H and O–H groups in total. The zero-order chi connectivity index (χ0) is 14.1.